The summed E-state index contributed by atoms with van der Waals surface area (Å²) in [5.74, 6) is -2.67. The van der Waals surface area contributed by atoms with Crippen molar-refractivity contribution in [3.05, 3.63) is 53.7 Å². The summed E-state index contributed by atoms with van der Waals surface area (Å²) in [5.41, 5.74) is -0.0424. The van der Waals surface area contributed by atoms with Crippen LogP contribution in [-0.2, 0) is 0 Å². The summed E-state index contributed by atoms with van der Waals surface area (Å²) >= 11 is 0. The van der Waals surface area contributed by atoms with Gasteiger partial charge in [-0.3, -0.25) is 0 Å². The molecule has 0 aromatic heterocycles. The number of piperidine rings is 1. The molecule has 2 aromatic carbocycles. The van der Waals surface area contributed by atoms with Gasteiger partial charge in [-0.05, 0) is 48.7 Å². The zero-order valence-corrected chi connectivity index (χ0v) is 12.6. The molecule has 2 atom stereocenters. The Morgan fingerprint density at radius 1 is 1.29 bits per heavy atom. The zero-order chi connectivity index (χ0) is 23.4. The van der Waals surface area contributed by atoms with Crippen LogP contribution in [0.25, 0.3) is 0 Å². The van der Waals surface area contributed by atoms with Gasteiger partial charge in [0.25, 0.3) is 0 Å². The average molecular weight is 337 g/mol. The fourth-order valence-corrected chi connectivity index (χ4v) is 2.79. The molecule has 2 aromatic rings. The first kappa shape index (κ1) is 8.72. The minimum atomic E-state index is -2.34. The van der Waals surface area contributed by atoms with Crippen LogP contribution in [0, 0.1) is 11.7 Å². The summed E-state index contributed by atoms with van der Waals surface area (Å²) in [6.45, 7) is -4.09. The van der Waals surface area contributed by atoms with Gasteiger partial charge in [0, 0.05) is 18.5 Å². The third-order valence-corrected chi connectivity index (χ3v) is 4.01. The molecule has 4 rings (SSSR count). The van der Waals surface area contributed by atoms with Crippen molar-refractivity contribution in [1.82, 2.24) is 5.32 Å². The van der Waals surface area contributed by atoms with Crippen LogP contribution in [0.1, 0.15) is 28.9 Å². The molecule has 0 aliphatic carbocycles. The Balaban J connectivity index is 1.66. The Morgan fingerprint density at radius 3 is 3.00 bits per heavy atom. The van der Waals surface area contributed by atoms with E-state index in [0.29, 0.717) is 13.0 Å². The highest BCUT2D eigenvalue weighted by atomic mass is 19.1. The monoisotopic (exact) mass is 337 g/mol. The van der Waals surface area contributed by atoms with Crippen LogP contribution in [0.4, 0.5) is 4.39 Å². The average Bonchev–Trinajstić information content (AvgIpc) is 3.04. The van der Waals surface area contributed by atoms with Crippen molar-refractivity contribution < 1.29 is 29.6 Å². The number of halogens is 1. The fraction of sp³-hybridized carbons (Fsp3) is 0.368. The molecule has 4 nitrogen and oxygen atoms in total. The van der Waals surface area contributed by atoms with Gasteiger partial charge >= 0.3 is 0 Å². The smallest absolute Gasteiger partial charge is 0.231 e. The largest absolute Gasteiger partial charge is 0.493 e. The van der Waals surface area contributed by atoms with E-state index < -0.39 is 55.1 Å². The second-order valence-electron chi connectivity index (χ2n) is 5.55. The molecule has 24 heavy (non-hydrogen) atoms. The molecule has 1 saturated heterocycles. The highest BCUT2D eigenvalue weighted by molar-refractivity contribution is 5.46. The minimum absolute atomic E-state index is 0.0424. The molecule has 1 unspecified atom stereocenters. The minimum Gasteiger partial charge on any atom is -0.493 e. The Kier molecular flexibility index (Phi) is 2.43. The van der Waals surface area contributed by atoms with Gasteiger partial charge in [-0.2, -0.15) is 0 Å². The second kappa shape index (κ2) is 6.69. The predicted molar refractivity (Wildman–Crippen MR) is 88.2 cm³/mol. The number of benzene rings is 2. The topological polar surface area (TPSA) is 39.7 Å². The lowest BCUT2D eigenvalue weighted by Crippen LogP contribution is -2.38. The van der Waals surface area contributed by atoms with E-state index >= 15 is 0 Å². The van der Waals surface area contributed by atoms with Crippen molar-refractivity contribution >= 4 is 0 Å². The third kappa shape index (κ3) is 3.17. The van der Waals surface area contributed by atoms with Crippen LogP contribution in [0.2, 0.25) is 0 Å². The maximum atomic E-state index is 14.0. The van der Waals surface area contributed by atoms with Gasteiger partial charge in [0.2, 0.25) is 6.75 Å². The molecule has 2 aliphatic rings. The first-order valence-corrected chi connectivity index (χ1v) is 7.59. The normalized spacial score (nSPS) is 29.9. The van der Waals surface area contributed by atoms with Crippen LogP contribution in [-0.4, -0.2) is 26.4 Å². The van der Waals surface area contributed by atoms with E-state index in [1.54, 1.807) is 0 Å². The molecule has 5 heteroatoms. The van der Waals surface area contributed by atoms with Gasteiger partial charge in [0.15, 0.2) is 11.5 Å². The second-order valence-corrected chi connectivity index (χ2v) is 5.55. The number of hydrogen-bond donors (Lipinski definition) is 1. The van der Waals surface area contributed by atoms with Crippen molar-refractivity contribution in [1.29, 1.82) is 0 Å². The molecule has 126 valence electrons. The van der Waals surface area contributed by atoms with Crippen molar-refractivity contribution in [2.75, 3.05) is 26.4 Å². The van der Waals surface area contributed by atoms with E-state index in [2.05, 4.69) is 5.32 Å². The SMILES string of the molecule is [2H]c1c([2H])c([C@@H]2CCNCC2C([2H])([2H])Oc2ccc3c(c2)OC([2H])([2H])O3)c([2H])c([2H])c1F. The van der Waals surface area contributed by atoms with Crippen LogP contribution in [0.3, 0.4) is 0 Å². The highest BCUT2D eigenvalue weighted by Crippen LogP contribution is 2.36. The van der Waals surface area contributed by atoms with E-state index in [1.165, 1.54) is 18.2 Å². The van der Waals surface area contributed by atoms with Gasteiger partial charge in [0.05, 0.1) is 14.8 Å². The first-order chi connectivity index (χ1) is 14.9. The summed E-state index contributed by atoms with van der Waals surface area (Å²) < 4.78 is 93.6. The number of ether oxygens (including phenoxy) is 3. The number of nitrogens with one attached hydrogen (secondary N) is 1. The summed E-state index contributed by atoms with van der Waals surface area (Å²) in [4.78, 5) is 0. The maximum Gasteiger partial charge on any atom is 0.231 e. The van der Waals surface area contributed by atoms with E-state index in [0.717, 1.165) is 0 Å². The van der Waals surface area contributed by atoms with Gasteiger partial charge in [-0.15, -0.1) is 0 Å². The molecule has 1 fully saturated rings. The van der Waals surface area contributed by atoms with E-state index in [4.69, 9.17) is 25.2 Å². The van der Waals surface area contributed by atoms with Crippen molar-refractivity contribution in [3.8, 4) is 17.2 Å². The molecule has 1 N–H and O–H groups in total. The Morgan fingerprint density at radius 2 is 2.12 bits per heavy atom. The van der Waals surface area contributed by atoms with Crippen molar-refractivity contribution in [3.63, 3.8) is 0 Å². The molecule has 0 amide bonds. The summed E-state index contributed by atoms with van der Waals surface area (Å²) in [7, 11) is 0. The molecule has 0 spiro atoms. The molecule has 0 radical (unpaired) electrons. The van der Waals surface area contributed by atoms with Crippen molar-refractivity contribution in [2.24, 2.45) is 5.92 Å². The maximum absolute atomic E-state index is 14.0. The van der Waals surface area contributed by atoms with Gasteiger partial charge in [0.1, 0.15) is 14.3 Å². The molecule has 0 saturated carbocycles. The molecular weight excluding hydrogens is 309 g/mol. The zero-order valence-electron chi connectivity index (χ0n) is 20.6. The van der Waals surface area contributed by atoms with E-state index in [-0.39, 0.29) is 29.4 Å². The molecule has 2 aliphatic heterocycles. The predicted octanol–water partition coefficient (Wildman–Crippen LogP) is 3.33. The van der Waals surface area contributed by atoms with Crippen LogP contribution in [0.15, 0.2) is 42.4 Å². The van der Waals surface area contributed by atoms with Crippen LogP contribution < -0.4 is 19.5 Å². The number of rotatable bonds is 4. The Bertz CT molecular complexity index is 1040. The summed E-state index contributed by atoms with van der Waals surface area (Å²) in [6.07, 6.45) is 0.303. The molecular formula is C19H20FNO3. The lowest BCUT2D eigenvalue weighted by molar-refractivity contribution is 0.173. The Hall–Kier alpha value is -2.27. The van der Waals surface area contributed by atoms with E-state index in [9.17, 15) is 4.39 Å². The lowest BCUT2D eigenvalue weighted by Gasteiger charge is -2.32. The summed E-state index contributed by atoms with van der Waals surface area (Å²) in [6, 6.07) is 1.47. The van der Waals surface area contributed by atoms with E-state index in [1.807, 2.05) is 0 Å². The summed E-state index contributed by atoms with van der Waals surface area (Å²) in [5, 5.41) is 3.05. The van der Waals surface area contributed by atoms with Gasteiger partial charge in [-0.1, -0.05) is 12.1 Å². The fourth-order valence-electron chi connectivity index (χ4n) is 2.79. The lowest BCUT2D eigenvalue weighted by atomic mass is 9.81. The van der Waals surface area contributed by atoms with Crippen molar-refractivity contribution in [2.45, 2.75) is 12.3 Å². The third-order valence-electron chi connectivity index (χ3n) is 4.01. The van der Waals surface area contributed by atoms with Gasteiger partial charge < -0.3 is 19.5 Å². The standard InChI is InChI=1S/C19H20FNO3/c20-15-3-1-13(2-4-15)17-7-8-21-10-14(17)11-22-16-5-6-18-19(9-16)24-12-23-18/h1-6,9,14,17,21H,7-8,10-12H2/t14?,17-/m0/s1/i1D,2D,3D,4D,11D2,12D2. The highest BCUT2D eigenvalue weighted by Gasteiger charge is 2.27. The number of hydrogen-bond acceptors (Lipinski definition) is 4. The Labute approximate surface area is 151 Å². The molecule has 0 bridgehead atoms. The van der Waals surface area contributed by atoms with Crippen LogP contribution in [0.5, 0.6) is 17.2 Å². The van der Waals surface area contributed by atoms with Gasteiger partial charge in [-0.25, -0.2) is 4.39 Å². The molecule has 2 heterocycles. The number of fused-ring (bicyclic) bond motifs is 1. The quantitative estimate of drug-likeness (QED) is 0.929. The van der Waals surface area contributed by atoms with Crippen LogP contribution >= 0.6 is 0 Å². The first-order valence-electron chi connectivity index (χ1n) is 11.6.